The highest BCUT2D eigenvalue weighted by molar-refractivity contribution is 5.97. The van der Waals surface area contributed by atoms with Gasteiger partial charge in [0.1, 0.15) is 6.04 Å². The van der Waals surface area contributed by atoms with Crippen LogP contribution in [-0.2, 0) is 4.79 Å². The second-order valence-electron chi connectivity index (χ2n) is 5.01. The maximum atomic E-state index is 11.9. The average molecular weight is 293 g/mol. The lowest BCUT2D eigenvalue weighted by Gasteiger charge is -2.19. The van der Waals surface area contributed by atoms with Crippen LogP contribution in [0.5, 0.6) is 0 Å². The fourth-order valence-corrected chi connectivity index (χ4v) is 1.87. The van der Waals surface area contributed by atoms with Gasteiger partial charge in [0, 0.05) is 5.69 Å². The third-order valence-corrected chi connectivity index (χ3v) is 3.07. The van der Waals surface area contributed by atoms with Gasteiger partial charge < -0.3 is 21.5 Å². The topological polar surface area (TPSA) is 122 Å². The molecular formula is C14H19N3O4. The number of primary amides is 1. The molecule has 0 bridgehead atoms. The van der Waals surface area contributed by atoms with Crippen molar-refractivity contribution in [1.82, 2.24) is 5.32 Å². The Kier molecular flexibility index (Phi) is 5.29. The number of benzene rings is 1. The predicted molar refractivity (Wildman–Crippen MR) is 78.1 cm³/mol. The zero-order valence-electron chi connectivity index (χ0n) is 12.1. The number of carboxylic acid groups (broad SMARTS) is 1. The number of rotatable bonds is 5. The Hall–Kier alpha value is -2.57. The number of carboxylic acids is 1. The van der Waals surface area contributed by atoms with Crippen LogP contribution in [0.1, 0.15) is 29.8 Å². The van der Waals surface area contributed by atoms with Crippen molar-refractivity contribution in [2.75, 3.05) is 5.32 Å². The van der Waals surface area contributed by atoms with Crippen molar-refractivity contribution in [3.05, 3.63) is 29.3 Å². The molecule has 1 atom stereocenters. The Morgan fingerprint density at radius 3 is 2.33 bits per heavy atom. The van der Waals surface area contributed by atoms with Crippen LogP contribution in [0.2, 0.25) is 0 Å². The standard InChI is InChI=1S/C14H19N3O4/c1-7(2)11(12(15)18)17-14(21)16-10-6-4-5-9(8(10)3)13(19)20/h4-7,11H,1-3H3,(H2,15,18)(H,19,20)(H2,16,17,21). The van der Waals surface area contributed by atoms with Crippen LogP contribution < -0.4 is 16.4 Å². The third-order valence-electron chi connectivity index (χ3n) is 3.07. The van der Waals surface area contributed by atoms with Gasteiger partial charge in [-0.05, 0) is 30.5 Å². The Balaban J connectivity index is 2.87. The first-order valence-corrected chi connectivity index (χ1v) is 6.43. The van der Waals surface area contributed by atoms with Crippen LogP contribution in [0.15, 0.2) is 18.2 Å². The van der Waals surface area contributed by atoms with Crippen LogP contribution >= 0.6 is 0 Å². The summed E-state index contributed by atoms with van der Waals surface area (Å²) in [7, 11) is 0. The van der Waals surface area contributed by atoms with E-state index < -0.39 is 23.9 Å². The van der Waals surface area contributed by atoms with Crippen LogP contribution in [-0.4, -0.2) is 29.1 Å². The van der Waals surface area contributed by atoms with Crippen molar-refractivity contribution in [2.24, 2.45) is 11.7 Å². The highest BCUT2D eigenvalue weighted by Gasteiger charge is 2.22. The van der Waals surface area contributed by atoms with Crippen molar-refractivity contribution in [2.45, 2.75) is 26.8 Å². The molecule has 5 N–H and O–H groups in total. The molecule has 0 radical (unpaired) electrons. The monoisotopic (exact) mass is 293 g/mol. The summed E-state index contributed by atoms with van der Waals surface area (Å²) in [6.07, 6.45) is 0. The van der Waals surface area contributed by atoms with Crippen molar-refractivity contribution in [3.8, 4) is 0 Å². The van der Waals surface area contributed by atoms with Gasteiger partial charge in [0.25, 0.3) is 0 Å². The summed E-state index contributed by atoms with van der Waals surface area (Å²) in [5, 5.41) is 14.0. The Bertz CT molecular complexity index is 569. The second-order valence-corrected chi connectivity index (χ2v) is 5.01. The lowest BCUT2D eigenvalue weighted by atomic mass is 10.0. The zero-order chi connectivity index (χ0) is 16.2. The number of carbonyl (C=O) groups is 3. The van der Waals surface area contributed by atoms with Gasteiger partial charge in [-0.15, -0.1) is 0 Å². The van der Waals surface area contributed by atoms with E-state index in [0.29, 0.717) is 11.3 Å². The molecule has 7 nitrogen and oxygen atoms in total. The predicted octanol–water partition coefficient (Wildman–Crippen LogP) is 1.32. The van der Waals surface area contributed by atoms with E-state index in [2.05, 4.69) is 10.6 Å². The summed E-state index contributed by atoms with van der Waals surface area (Å²) >= 11 is 0. The molecule has 0 fully saturated rings. The van der Waals surface area contributed by atoms with Crippen LogP contribution in [0.4, 0.5) is 10.5 Å². The van der Waals surface area contributed by atoms with E-state index in [9.17, 15) is 14.4 Å². The molecule has 7 heteroatoms. The third kappa shape index (κ3) is 4.20. The summed E-state index contributed by atoms with van der Waals surface area (Å²) < 4.78 is 0. The van der Waals surface area contributed by atoms with Crippen molar-refractivity contribution >= 4 is 23.6 Å². The number of aromatic carboxylic acids is 1. The lowest BCUT2D eigenvalue weighted by Crippen LogP contribution is -2.49. The minimum Gasteiger partial charge on any atom is -0.478 e. The molecule has 3 amide bonds. The number of nitrogens with one attached hydrogen (secondary N) is 2. The first kappa shape index (κ1) is 16.5. The molecule has 0 aliphatic heterocycles. The number of anilines is 1. The van der Waals surface area contributed by atoms with Crippen LogP contribution in [0.25, 0.3) is 0 Å². The Labute approximate surface area is 122 Å². The summed E-state index contributed by atoms with van der Waals surface area (Å²) in [6, 6.07) is 3.14. The molecule has 114 valence electrons. The van der Waals surface area contributed by atoms with Crippen molar-refractivity contribution in [3.63, 3.8) is 0 Å². The SMILES string of the molecule is Cc1c(NC(=O)NC(C(N)=O)C(C)C)cccc1C(=O)O. The molecule has 1 rings (SSSR count). The second kappa shape index (κ2) is 6.74. The molecule has 0 saturated carbocycles. The number of hydrogen-bond acceptors (Lipinski definition) is 3. The normalized spacial score (nSPS) is 11.8. The number of urea groups is 1. The lowest BCUT2D eigenvalue weighted by molar-refractivity contribution is -0.120. The largest absolute Gasteiger partial charge is 0.478 e. The van der Waals surface area contributed by atoms with E-state index in [4.69, 9.17) is 10.8 Å². The fraction of sp³-hybridized carbons (Fsp3) is 0.357. The van der Waals surface area contributed by atoms with Gasteiger partial charge in [-0.25, -0.2) is 9.59 Å². The summed E-state index contributed by atoms with van der Waals surface area (Å²) in [5.74, 6) is -1.86. The Morgan fingerprint density at radius 1 is 1.24 bits per heavy atom. The van der Waals surface area contributed by atoms with Gasteiger partial charge in [-0.1, -0.05) is 19.9 Å². The highest BCUT2D eigenvalue weighted by atomic mass is 16.4. The molecule has 0 heterocycles. The smallest absolute Gasteiger partial charge is 0.336 e. The van der Waals surface area contributed by atoms with E-state index in [-0.39, 0.29) is 11.5 Å². The molecule has 0 spiro atoms. The average Bonchev–Trinajstić information content (AvgIpc) is 2.37. The molecule has 0 saturated heterocycles. The Morgan fingerprint density at radius 2 is 1.86 bits per heavy atom. The summed E-state index contributed by atoms with van der Waals surface area (Å²) in [6.45, 7) is 5.10. The highest BCUT2D eigenvalue weighted by Crippen LogP contribution is 2.19. The van der Waals surface area contributed by atoms with Gasteiger partial charge in [0.2, 0.25) is 5.91 Å². The maximum absolute atomic E-state index is 11.9. The van der Waals surface area contributed by atoms with Gasteiger partial charge in [0.05, 0.1) is 5.56 Å². The number of carbonyl (C=O) groups excluding carboxylic acids is 2. The summed E-state index contributed by atoms with van der Waals surface area (Å²) in [5.41, 5.74) is 6.11. The van der Waals surface area contributed by atoms with Crippen LogP contribution in [0.3, 0.4) is 0 Å². The van der Waals surface area contributed by atoms with Gasteiger partial charge in [-0.2, -0.15) is 0 Å². The molecule has 0 aliphatic carbocycles. The van der Waals surface area contributed by atoms with E-state index in [1.54, 1.807) is 26.8 Å². The fourth-order valence-electron chi connectivity index (χ4n) is 1.87. The summed E-state index contributed by atoms with van der Waals surface area (Å²) in [4.78, 5) is 34.2. The molecule has 1 aromatic rings. The van der Waals surface area contributed by atoms with Gasteiger partial charge in [0.15, 0.2) is 0 Å². The number of hydrogen-bond donors (Lipinski definition) is 4. The minimum atomic E-state index is -1.08. The van der Waals surface area contributed by atoms with Gasteiger partial charge in [-0.3, -0.25) is 4.79 Å². The van der Waals surface area contributed by atoms with Gasteiger partial charge >= 0.3 is 12.0 Å². The van der Waals surface area contributed by atoms with E-state index in [0.717, 1.165) is 0 Å². The maximum Gasteiger partial charge on any atom is 0.336 e. The number of nitrogens with two attached hydrogens (primary N) is 1. The van der Waals surface area contributed by atoms with E-state index in [1.807, 2.05) is 0 Å². The quantitative estimate of drug-likeness (QED) is 0.654. The first-order chi connectivity index (χ1) is 9.73. The van der Waals surface area contributed by atoms with E-state index >= 15 is 0 Å². The molecular weight excluding hydrogens is 274 g/mol. The first-order valence-electron chi connectivity index (χ1n) is 6.43. The van der Waals surface area contributed by atoms with Crippen LogP contribution in [0, 0.1) is 12.8 Å². The molecule has 1 aromatic carbocycles. The minimum absolute atomic E-state index is 0.100. The molecule has 21 heavy (non-hydrogen) atoms. The van der Waals surface area contributed by atoms with E-state index in [1.165, 1.54) is 12.1 Å². The molecule has 1 unspecified atom stereocenters. The van der Waals surface area contributed by atoms with Crippen molar-refractivity contribution in [1.29, 1.82) is 0 Å². The van der Waals surface area contributed by atoms with Crippen molar-refractivity contribution < 1.29 is 19.5 Å². The molecule has 0 aliphatic rings. The number of amides is 3. The molecule has 0 aromatic heterocycles. The zero-order valence-corrected chi connectivity index (χ0v) is 12.1.